The Labute approximate surface area is 95.3 Å². The van der Waals surface area contributed by atoms with Gasteiger partial charge in [0.2, 0.25) is 0 Å². The van der Waals surface area contributed by atoms with Crippen LogP contribution in [0, 0.1) is 5.92 Å². The maximum absolute atomic E-state index is 11.6. The van der Waals surface area contributed by atoms with Crippen molar-refractivity contribution in [2.45, 2.75) is 32.9 Å². The minimum atomic E-state index is -5.10. The van der Waals surface area contributed by atoms with Gasteiger partial charge in [-0.05, 0) is 12.3 Å². The zero-order valence-corrected chi connectivity index (χ0v) is 9.15. The summed E-state index contributed by atoms with van der Waals surface area (Å²) < 4.78 is 38.3. The average molecular weight is 271 g/mol. The van der Waals surface area contributed by atoms with Crippen LogP contribution in [-0.4, -0.2) is 18.1 Å². The summed E-state index contributed by atoms with van der Waals surface area (Å²) in [4.78, 5) is 20.8. The molecule has 0 bridgehead atoms. The monoisotopic (exact) mass is 270 g/mol. The summed E-state index contributed by atoms with van der Waals surface area (Å²) in [5.74, 6) is -3.42. The second kappa shape index (κ2) is 6.82. The predicted molar refractivity (Wildman–Crippen MR) is 41.2 cm³/mol. The largest absolute Gasteiger partial charge is 0.491 e. The SMILES string of the molecule is CC(C)CCC(=O)OC(=O)C(F)(F)F.[Ni]. The van der Waals surface area contributed by atoms with Crippen LogP contribution in [0.5, 0.6) is 0 Å². The van der Waals surface area contributed by atoms with Crippen molar-refractivity contribution in [1.29, 1.82) is 0 Å². The Morgan fingerprint density at radius 2 is 1.73 bits per heavy atom. The van der Waals surface area contributed by atoms with Crippen LogP contribution in [0.1, 0.15) is 26.7 Å². The molecule has 0 heterocycles. The van der Waals surface area contributed by atoms with Gasteiger partial charge in [0.25, 0.3) is 0 Å². The van der Waals surface area contributed by atoms with E-state index in [4.69, 9.17) is 0 Å². The normalized spacial score (nSPS) is 10.8. The third-order valence-corrected chi connectivity index (χ3v) is 1.36. The molecule has 7 heteroatoms. The van der Waals surface area contributed by atoms with Crippen LogP contribution < -0.4 is 0 Å². The van der Waals surface area contributed by atoms with Crippen LogP contribution in [0.3, 0.4) is 0 Å². The standard InChI is InChI=1S/C8H11F3O3.Ni/c1-5(2)3-4-6(12)14-7(13)8(9,10)11;/h5H,3-4H2,1-2H3;. The Bertz CT molecular complexity index is 226. The molecule has 0 spiro atoms. The quantitative estimate of drug-likeness (QED) is 0.448. The Balaban J connectivity index is 0. The zero-order valence-electron chi connectivity index (χ0n) is 8.17. The van der Waals surface area contributed by atoms with E-state index in [1.165, 1.54) is 0 Å². The van der Waals surface area contributed by atoms with Gasteiger partial charge in [-0.2, -0.15) is 13.2 Å². The summed E-state index contributed by atoms with van der Waals surface area (Å²) in [6.07, 6.45) is -4.89. The first-order valence-electron chi connectivity index (χ1n) is 4.05. The van der Waals surface area contributed by atoms with E-state index in [1.807, 2.05) is 0 Å². The number of alkyl halides is 3. The minimum Gasteiger partial charge on any atom is -0.386 e. The first-order valence-corrected chi connectivity index (χ1v) is 4.05. The summed E-state index contributed by atoms with van der Waals surface area (Å²) >= 11 is 0. The van der Waals surface area contributed by atoms with Gasteiger partial charge in [-0.15, -0.1) is 0 Å². The van der Waals surface area contributed by atoms with Gasteiger partial charge in [0, 0.05) is 22.9 Å². The van der Waals surface area contributed by atoms with Gasteiger partial charge in [-0.3, -0.25) is 4.79 Å². The molecule has 3 nitrogen and oxygen atoms in total. The van der Waals surface area contributed by atoms with Crippen LogP contribution in [-0.2, 0) is 30.8 Å². The fraction of sp³-hybridized carbons (Fsp3) is 0.750. The molecule has 0 saturated heterocycles. The van der Waals surface area contributed by atoms with Crippen molar-refractivity contribution in [3.8, 4) is 0 Å². The molecule has 0 aliphatic heterocycles. The number of carbonyl (C=O) groups excluding carboxylic acids is 2. The van der Waals surface area contributed by atoms with Crippen LogP contribution in [0.2, 0.25) is 0 Å². The van der Waals surface area contributed by atoms with E-state index in [1.54, 1.807) is 13.8 Å². The van der Waals surface area contributed by atoms with Crippen molar-refractivity contribution < 1.29 is 44.0 Å². The Hall–Kier alpha value is -0.576. The van der Waals surface area contributed by atoms with Crippen LogP contribution in [0.25, 0.3) is 0 Å². The number of rotatable bonds is 3. The minimum absolute atomic E-state index is 0. The first-order chi connectivity index (χ1) is 6.23. The second-order valence-corrected chi connectivity index (χ2v) is 3.19. The molecular weight excluding hydrogens is 260 g/mol. The van der Waals surface area contributed by atoms with Crippen molar-refractivity contribution in [3.63, 3.8) is 0 Å². The van der Waals surface area contributed by atoms with Crippen molar-refractivity contribution in [2.75, 3.05) is 0 Å². The third-order valence-electron chi connectivity index (χ3n) is 1.36. The molecule has 0 aliphatic carbocycles. The Morgan fingerprint density at radius 3 is 2.07 bits per heavy atom. The number of carbonyl (C=O) groups is 2. The Kier molecular flexibility index (Phi) is 7.66. The molecule has 0 aromatic heterocycles. The van der Waals surface area contributed by atoms with E-state index in [2.05, 4.69) is 4.74 Å². The second-order valence-electron chi connectivity index (χ2n) is 3.19. The summed E-state index contributed by atoms with van der Waals surface area (Å²) in [6, 6.07) is 0. The average Bonchev–Trinajstić information content (AvgIpc) is 1.99. The molecule has 0 radical (unpaired) electrons. The molecule has 0 aliphatic rings. The van der Waals surface area contributed by atoms with Crippen molar-refractivity contribution >= 4 is 11.9 Å². The van der Waals surface area contributed by atoms with E-state index >= 15 is 0 Å². The summed E-state index contributed by atoms with van der Waals surface area (Å²) in [6.45, 7) is 3.61. The van der Waals surface area contributed by atoms with Gasteiger partial charge in [0.1, 0.15) is 0 Å². The maximum atomic E-state index is 11.6. The maximum Gasteiger partial charge on any atom is 0.491 e. The summed E-state index contributed by atoms with van der Waals surface area (Å²) in [7, 11) is 0. The van der Waals surface area contributed by atoms with Crippen molar-refractivity contribution in [1.82, 2.24) is 0 Å². The first kappa shape index (κ1) is 16.8. The van der Waals surface area contributed by atoms with E-state index in [0.29, 0.717) is 6.42 Å². The van der Waals surface area contributed by atoms with Gasteiger partial charge in [-0.1, -0.05) is 13.8 Å². The van der Waals surface area contributed by atoms with E-state index in [0.717, 1.165) is 0 Å². The van der Waals surface area contributed by atoms with Crippen molar-refractivity contribution in [3.05, 3.63) is 0 Å². The van der Waals surface area contributed by atoms with E-state index < -0.39 is 18.1 Å². The molecule has 92 valence electrons. The Morgan fingerprint density at radius 1 is 1.27 bits per heavy atom. The van der Waals surface area contributed by atoms with Crippen LogP contribution >= 0.6 is 0 Å². The van der Waals surface area contributed by atoms with E-state index in [9.17, 15) is 22.8 Å². The molecule has 15 heavy (non-hydrogen) atoms. The number of ether oxygens (including phenoxy) is 1. The molecule has 0 unspecified atom stereocenters. The van der Waals surface area contributed by atoms with Gasteiger partial charge < -0.3 is 4.74 Å². The predicted octanol–water partition coefficient (Wildman–Crippen LogP) is 2.05. The molecule has 0 rings (SSSR count). The van der Waals surface area contributed by atoms with Gasteiger partial charge in [0.05, 0.1) is 0 Å². The molecule has 0 saturated carbocycles. The zero-order chi connectivity index (χ0) is 11.4. The topological polar surface area (TPSA) is 43.4 Å². The summed E-state index contributed by atoms with van der Waals surface area (Å²) in [5, 5.41) is 0. The number of halogens is 3. The van der Waals surface area contributed by atoms with Crippen LogP contribution in [0.15, 0.2) is 0 Å². The molecule has 0 fully saturated rings. The van der Waals surface area contributed by atoms with E-state index in [-0.39, 0.29) is 28.8 Å². The van der Waals surface area contributed by atoms with Gasteiger partial charge in [-0.25, -0.2) is 4.79 Å². The number of hydrogen-bond acceptors (Lipinski definition) is 3. The molecule has 0 amide bonds. The molecule has 0 aromatic carbocycles. The van der Waals surface area contributed by atoms with Gasteiger partial charge in [0.15, 0.2) is 0 Å². The van der Waals surface area contributed by atoms with Crippen LogP contribution in [0.4, 0.5) is 13.2 Å². The number of esters is 2. The molecular formula is C8H11F3NiO3. The van der Waals surface area contributed by atoms with Gasteiger partial charge >= 0.3 is 18.1 Å². The molecule has 0 N–H and O–H groups in total. The molecule has 0 atom stereocenters. The smallest absolute Gasteiger partial charge is 0.386 e. The fourth-order valence-corrected chi connectivity index (χ4v) is 0.619. The number of hydrogen-bond donors (Lipinski definition) is 0. The summed E-state index contributed by atoms with van der Waals surface area (Å²) in [5.41, 5.74) is 0. The molecule has 0 aromatic rings. The van der Waals surface area contributed by atoms with Crippen molar-refractivity contribution in [2.24, 2.45) is 5.92 Å². The fourth-order valence-electron chi connectivity index (χ4n) is 0.619. The third kappa shape index (κ3) is 8.42.